The summed E-state index contributed by atoms with van der Waals surface area (Å²) in [5, 5.41) is 8.97. The van der Waals surface area contributed by atoms with E-state index in [1.807, 2.05) is 0 Å². The number of carboxylic acid groups (broad SMARTS) is 1. The zero-order valence-electron chi connectivity index (χ0n) is 10.4. The summed E-state index contributed by atoms with van der Waals surface area (Å²) in [5.74, 6) is -2.05. The smallest absolute Gasteiger partial charge is 0.321 e. The highest BCUT2D eigenvalue weighted by molar-refractivity contribution is 9.11. The third-order valence-electron chi connectivity index (χ3n) is 2.37. The molecule has 4 N–H and O–H groups in total. The van der Waals surface area contributed by atoms with Crippen LogP contribution in [-0.2, 0) is 19.6 Å². The molecule has 1 aromatic heterocycles. The second-order valence-electron chi connectivity index (χ2n) is 4.04. The maximum absolute atomic E-state index is 12.1. The van der Waals surface area contributed by atoms with Crippen molar-refractivity contribution in [3.05, 3.63) is 15.4 Å². The van der Waals surface area contributed by atoms with Gasteiger partial charge in [0.05, 0.1) is 3.79 Å². The number of primary amides is 1. The van der Waals surface area contributed by atoms with Crippen LogP contribution in [0.3, 0.4) is 0 Å². The summed E-state index contributed by atoms with van der Waals surface area (Å²) in [6.07, 6.45) is -0.415. The Morgan fingerprint density at radius 1 is 1.55 bits per heavy atom. The van der Waals surface area contributed by atoms with Crippen LogP contribution in [0.2, 0.25) is 0 Å². The average molecular weight is 385 g/mol. The Bertz CT molecular complexity index is 606. The SMILES string of the molecule is Cc1cc(S(=O)(=O)N[C@H](CCC(N)=O)C(=O)O)sc1Br. The van der Waals surface area contributed by atoms with Gasteiger partial charge < -0.3 is 10.8 Å². The Balaban J connectivity index is 2.91. The Morgan fingerprint density at radius 2 is 2.15 bits per heavy atom. The van der Waals surface area contributed by atoms with E-state index in [9.17, 15) is 18.0 Å². The lowest BCUT2D eigenvalue weighted by Crippen LogP contribution is -2.41. The lowest BCUT2D eigenvalue weighted by Gasteiger charge is -2.12. The molecule has 0 bridgehead atoms. The Morgan fingerprint density at radius 3 is 2.55 bits per heavy atom. The minimum absolute atomic E-state index is 0.00667. The van der Waals surface area contributed by atoms with Crippen molar-refractivity contribution in [2.75, 3.05) is 0 Å². The Kier molecular flexibility index (Phi) is 5.68. The molecule has 20 heavy (non-hydrogen) atoms. The molecule has 0 saturated heterocycles. The van der Waals surface area contributed by atoms with Crippen LogP contribution in [0, 0.1) is 6.92 Å². The molecule has 0 aromatic carbocycles. The van der Waals surface area contributed by atoms with Crippen molar-refractivity contribution < 1.29 is 23.1 Å². The van der Waals surface area contributed by atoms with Crippen LogP contribution in [0.4, 0.5) is 0 Å². The van der Waals surface area contributed by atoms with E-state index in [-0.39, 0.29) is 17.1 Å². The van der Waals surface area contributed by atoms with Crippen molar-refractivity contribution in [1.82, 2.24) is 4.72 Å². The second-order valence-corrected chi connectivity index (χ2v) is 8.35. The quantitative estimate of drug-likeness (QED) is 0.640. The van der Waals surface area contributed by atoms with Crippen LogP contribution in [-0.4, -0.2) is 31.4 Å². The van der Waals surface area contributed by atoms with E-state index in [1.54, 1.807) is 6.92 Å². The number of aryl methyl sites for hydroxylation is 1. The molecule has 0 aliphatic carbocycles. The zero-order chi connectivity index (χ0) is 15.5. The van der Waals surface area contributed by atoms with Crippen molar-refractivity contribution in [2.24, 2.45) is 5.73 Å². The van der Waals surface area contributed by atoms with Crippen LogP contribution in [0.1, 0.15) is 18.4 Å². The Labute approximate surface area is 128 Å². The Hall–Kier alpha value is -0.970. The van der Waals surface area contributed by atoms with Crippen LogP contribution in [0.25, 0.3) is 0 Å². The van der Waals surface area contributed by atoms with Gasteiger partial charge in [0.2, 0.25) is 5.91 Å². The standard InChI is InChI=1S/C10H13BrN2O5S2/c1-5-4-8(19-9(5)11)20(17,18)13-6(10(15)16)2-3-7(12)14/h4,6,13H,2-3H2,1H3,(H2,12,14)(H,15,16)/t6-/m1/s1. The number of hydrogen-bond donors (Lipinski definition) is 3. The molecule has 1 atom stereocenters. The minimum atomic E-state index is -3.95. The predicted molar refractivity (Wildman–Crippen MR) is 76.9 cm³/mol. The van der Waals surface area contributed by atoms with Gasteiger partial charge in [-0.2, -0.15) is 4.72 Å². The number of halogens is 1. The average Bonchev–Trinajstić information content (AvgIpc) is 2.65. The molecule has 0 unspecified atom stereocenters. The maximum atomic E-state index is 12.1. The number of carboxylic acids is 1. The molecule has 112 valence electrons. The fourth-order valence-electron chi connectivity index (χ4n) is 1.33. The summed E-state index contributed by atoms with van der Waals surface area (Å²) < 4.78 is 26.8. The van der Waals surface area contributed by atoms with Gasteiger partial charge in [0.15, 0.2) is 0 Å². The van der Waals surface area contributed by atoms with E-state index >= 15 is 0 Å². The van der Waals surface area contributed by atoms with Crippen molar-refractivity contribution >= 4 is 49.2 Å². The monoisotopic (exact) mass is 384 g/mol. The molecule has 1 rings (SSSR count). The molecular weight excluding hydrogens is 372 g/mol. The normalized spacial score (nSPS) is 13.1. The van der Waals surface area contributed by atoms with Crippen LogP contribution in [0.5, 0.6) is 0 Å². The first-order valence-electron chi connectivity index (χ1n) is 5.43. The van der Waals surface area contributed by atoms with E-state index in [4.69, 9.17) is 10.8 Å². The molecule has 10 heteroatoms. The van der Waals surface area contributed by atoms with E-state index in [1.165, 1.54) is 6.07 Å². The first kappa shape index (κ1) is 17.1. The fourth-order valence-corrected chi connectivity index (χ4v) is 4.79. The zero-order valence-corrected chi connectivity index (χ0v) is 13.6. The first-order chi connectivity index (χ1) is 9.13. The maximum Gasteiger partial charge on any atom is 0.321 e. The number of carbonyl (C=O) groups is 2. The molecule has 0 fully saturated rings. The molecule has 0 spiro atoms. The van der Waals surface area contributed by atoms with Gasteiger partial charge in [0.1, 0.15) is 10.3 Å². The summed E-state index contributed by atoms with van der Waals surface area (Å²) >= 11 is 4.18. The molecule has 1 heterocycles. The van der Waals surface area contributed by atoms with Gasteiger partial charge >= 0.3 is 5.97 Å². The summed E-state index contributed by atoms with van der Waals surface area (Å²) in [4.78, 5) is 21.7. The number of aliphatic carboxylic acids is 1. The third-order valence-corrected chi connectivity index (χ3v) is 6.46. The summed E-state index contributed by atoms with van der Waals surface area (Å²) in [7, 11) is -3.95. The number of carbonyl (C=O) groups excluding carboxylic acids is 1. The first-order valence-corrected chi connectivity index (χ1v) is 8.52. The minimum Gasteiger partial charge on any atom is -0.480 e. The number of nitrogens with one attached hydrogen (secondary N) is 1. The fraction of sp³-hybridized carbons (Fsp3) is 0.400. The van der Waals surface area contributed by atoms with Gasteiger partial charge in [-0.25, -0.2) is 8.42 Å². The second kappa shape index (κ2) is 6.66. The number of nitrogens with two attached hydrogens (primary N) is 1. The predicted octanol–water partition coefficient (Wildman–Crippen LogP) is 0.816. The summed E-state index contributed by atoms with van der Waals surface area (Å²) in [5.41, 5.74) is 5.66. The topological polar surface area (TPSA) is 127 Å². The molecule has 7 nitrogen and oxygen atoms in total. The number of thiophene rings is 1. The van der Waals surface area contributed by atoms with Gasteiger partial charge in [-0.15, -0.1) is 11.3 Å². The van der Waals surface area contributed by atoms with Gasteiger partial charge in [0.25, 0.3) is 10.0 Å². The number of amides is 1. The van der Waals surface area contributed by atoms with Crippen LogP contribution in [0.15, 0.2) is 14.1 Å². The van der Waals surface area contributed by atoms with Crippen molar-refractivity contribution in [3.8, 4) is 0 Å². The molecular formula is C10H13BrN2O5S2. The molecule has 1 amide bonds. The largest absolute Gasteiger partial charge is 0.480 e. The highest BCUT2D eigenvalue weighted by atomic mass is 79.9. The molecule has 0 aliphatic heterocycles. The van der Waals surface area contributed by atoms with Gasteiger partial charge in [0, 0.05) is 6.42 Å². The number of rotatable bonds is 7. The van der Waals surface area contributed by atoms with E-state index in [2.05, 4.69) is 20.7 Å². The molecule has 0 aliphatic rings. The van der Waals surface area contributed by atoms with Crippen molar-refractivity contribution in [1.29, 1.82) is 0 Å². The highest BCUT2D eigenvalue weighted by Crippen LogP contribution is 2.30. The molecule has 1 aromatic rings. The molecule has 0 saturated carbocycles. The lowest BCUT2D eigenvalue weighted by atomic mass is 10.2. The van der Waals surface area contributed by atoms with Gasteiger partial charge in [-0.1, -0.05) is 0 Å². The molecule has 0 radical (unpaired) electrons. The van der Waals surface area contributed by atoms with Crippen molar-refractivity contribution in [2.45, 2.75) is 30.0 Å². The van der Waals surface area contributed by atoms with E-state index in [0.29, 0.717) is 3.79 Å². The summed E-state index contributed by atoms with van der Waals surface area (Å²) in [6.45, 7) is 1.72. The van der Waals surface area contributed by atoms with Gasteiger partial charge in [-0.05, 0) is 40.9 Å². The highest BCUT2D eigenvalue weighted by Gasteiger charge is 2.27. The van der Waals surface area contributed by atoms with Crippen molar-refractivity contribution in [3.63, 3.8) is 0 Å². The number of sulfonamides is 1. The van der Waals surface area contributed by atoms with E-state index in [0.717, 1.165) is 16.9 Å². The summed E-state index contributed by atoms with van der Waals surface area (Å²) in [6, 6.07) is 0.0399. The lowest BCUT2D eigenvalue weighted by molar-refractivity contribution is -0.139. The third kappa shape index (κ3) is 4.54. The number of hydrogen-bond acceptors (Lipinski definition) is 5. The van der Waals surface area contributed by atoms with Crippen LogP contribution >= 0.6 is 27.3 Å². The van der Waals surface area contributed by atoms with Crippen LogP contribution < -0.4 is 10.5 Å². The van der Waals surface area contributed by atoms with Gasteiger partial charge in [-0.3, -0.25) is 9.59 Å². The van der Waals surface area contributed by atoms with E-state index < -0.39 is 27.9 Å².